The van der Waals surface area contributed by atoms with E-state index in [-0.39, 0.29) is 0 Å². The van der Waals surface area contributed by atoms with E-state index in [1.165, 1.54) is 0 Å². The van der Waals surface area contributed by atoms with E-state index in [2.05, 4.69) is 21.0 Å². The van der Waals surface area contributed by atoms with Gasteiger partial charge in [0.25, 0.3) is 0 Å². The van der Waals surface area contributed by atoms with Gasteiger partial charge in [0.15, 0.2) is 0 Å². The molecule has 2 N–H and O–H groups in total. The average Bonchev–Trinajstić information content (AvgIpc) is 2.67. The van der Waals surface area contributed by atoms with Crippen molar-refractivity contribution in [2.24, 2.45) is 0 Å². The van der Waals surface area contributed by atoms with Crippen molar-refractivity contribution in [1.82, 2.24) is 14.7 Å². The van der Waals surface area contributed by atoms with Crippen LogP contribution in [-0.4, -0.2) is 51.6 Å². The monoisotopic (exact) mass is 319 g/mol. The molecule has 0 radical (unpaired) electrons. The zero-order valence-electron chi connectivity index (χ0n) is 11.2. The first-order valence-corrected chi connectivity index (χ1v) is 6.98. The van der Waals surface area contributed by atoms with E-state index in [0.29, 0.717) is 18.7 Å². The minimum absolute atomic E-state index is 0.576. The summed E-state index contributed by atoms with van der Waals surface area (Å²) in [6.45, 7) is 3.50. The third-order valence-corrected chi connectivity index (χ3v) is 3.43. The molecule has 1 rings (SSSR count). The molecule has 0 aliphatic rings. The Morgan fingerprint density at radius 2 is 2.11 bits per heavy atom. The number of likely N-dealkylation sites (N-methyl/N-ethyl adjacent to an activating group) is 1. The summed E-state index contributed by atoms with van der Waals surface area (Å²) < 4.78 is 2.48. The fourth-order valence-corrected chi connectivity index (χ4v) is 2.31. The molecule has 0 aromatic carbocycles. The standard InChI is InChI=1S/C12H22BrN3O2/c1-4-5-10(17)12(18)11-9(13)8-14-16(11)7-6-15(2)3/h8,10,12,17-18H,4-7H2,1-3H3. The van der Waals surface area contributed by atoms with Crippen molar-refractivity contribution < 1.29 is 10.2 Å². The second-order valence-electron chi connectivity index (χ2n) is 4.71. The van der Waals surface area contributed by atoms with Gasteiger partial charge in [0.1, 0.15) is 6.10 Å². The van der Waals surface area contributed by atoms with Crippen LogP contribution in [0, 0.1) is 0 Å². The largest absolute Gasteiger partial charge is 0.390 e. The highest BCUT2D eigenvalue weighted by atomic mass is 79.9. The smallest absolute Gasteiger partial charge is 0.123 e. The lowest BCUT2D eigenvalue weighted by molar-refractivity contribution is 0.00726. The molecule has 0 saturated heterocycles. The molecular formula is C12H22BrN3O2. The van der Waals surface area contributed by atoms with Crippen LogP contribution in [0.25, 0.3) is 0 Å². The maximum absolute atomic E-state index is 10.2. The fraction of sp³-hybridized carbons (Fsp3) is 0.750. The number of halogens is 1. The lowest BCUT2D eigenvalue weighted by Crippen LogP contribution is -2.25. The molecule has 1 heterocycles. The van der Waals surface area contributed by atoms with Crippen LogP contribution in [0.2, 0.25) is 0 Å². The Labute approximate surface area is 117 Å². The molecule has 0 bridgehead atoms. The lowest BCUT2D eigenvalue weighted by atomic mass is 10.1. The first kappa shape index (κ1) is 15.6. The Balaban J connectivity index is 2.82. The first-order valence-electron chi connectivity index (χ1n) is 6.19. The van der Waals surface area contributed by atoms with Gasteiger partial charge in [-0.3, -0.25) is 4.68 Å². The molecule has 2 unspecified atom stereocenters. The molecule has 0 aliphatic carbocycles. The number of hydrogen-bond acceptors (Lipinski definition) is 4. The molecule has 0 fully saturated rings. The van der Waals surface area contributed by atoms with Crippen molar-refractivity contribution in [3.63, 3.8) is 0 Å². The predicted molar refractivity (Wildman–Crippen MR) is 74.4 cm³/mol. The molecule has 0 amide bonds. The molecule has 0 aliphatic heterocycles. The molecule has 6 heteroatoms. The van der Waals surface area contributed by atoms with Crippen LogP contribution in [0.4, 0.5) is 0 Å². The number of aromatic nitrogens is 2. The van der Waals surface area contributed by atoms with E-state index >= 15 is 0 Å². The fourth-order valence-electron chi connectivity index (χ4n) is 1.77. The molecule has 5 nitrogen and oxygen atoms in total. The third kappa shape index (κ3) is 4.05. The molecule has 1 aromatic rings. The molecule has 1 aromatic heterocycles. The normalized spacial score (nSPS) is 15.1. The summed E-state index contributed by atoms with van der Waals surface area (Å²) in [5.74, 6) is 0. The number of aliphatic hydroxyl groups is 2. The average molecular weight is 320 g/mol. The molecular weight excluding hydrogens is 298 g/mol. The Hall–Kier alpha value is -0.430. The van der Waals surface area contributed by atoms with Crippen LogP contribution in [-0.2, 0) is 6.54 Å². The zero-order valence-corrected chi connectivity index (χ0v) is 12.8. The highest BCUT2D eigenvalue weighted by Crippen LogP contribution is 2.27. The number of hydrogen-bond donors (Lipinski definition) is 2. The van der Waals surface area contributed by atoms with Crippen LogP contribution in [0.3, 0.4) is 0 Å². The number of nitrogens with zero attached hydrogens (tertiary/aromatic N) is 3. The van der Waals surface area contributed by atoms with Crippen LogP contribution in [0.5, 0.6) is 0 Å². The van der Waals surface area contributed by atoms with Gasteiger partial charge in [-0.25, -0.2) is 0 Å². The topological polar surface area (TPSA) is 61.5 Å². The highest BCUT2D eigenvalue weighted by Gasteiger charge is 2.24. The van der Waals surface area contributed by atoms with Crippen LogP contribution in [0.15, 0.2) is 10.7 Å². The van der Waals surface area contributed by atoms with Crippen molar-refractivity contribution in [1.29, 1.82) is 0 Å². The van der Waals surface area contributed by atoms with Gasteiger partial charge in [0.05, 0.1) is 29.0 Å². The van der Waals surface area contributed by atoms with Gasteiger partial charge in [0.2, 0.25) is 0 Å². The summed E-state index contributed by atoms with van der Waals surface area (Å²) in [5.41, 5.74) is 0.651. The summed E-state index contributed by atoms with van der Waals surface area (Å²) in [7, 11) is 3.97. The second-order valence-corrected chi connectivity index (χ2v) is 5.56. The van der Waals surface area contributed by atoms with Gasteiger partial charge in [-0.2, -0.15) is 5.10 Å². The highest BCUT2D eigenvalue weighted by molar-refractivity contribution is 9.10. The van der Waals surface area contributed by atoms with E-state index in [0.717, 1.165) is 17.4 Å². The Kier molecular flexibility index (Phi) is 6.28. The van der Waals surface area contributed by atoms with Crippen molar-refractivity contribution in [2.75, 3.05) is 20.6 Å². The number of aliphatic hydroxyl groups excluding tert-OH is 2. The molecule has 104 valence electrons. The zero-order chi connectivity index (χ0) is 13.7. The van der Waals surface area contributed by atoms with Crippen LogP contribution < -0.4 is 0 Å². The third-order valence-electron chi connectivity index (χ3n) is 2.82. The Morgan fingerprint density at radius 1 is 1.44 bits per heavy atom. The summed E-state index contributed by atoms with van der Waals surface area (Å²) in [4.78, 5) is 2.05. The van der Waals surface area contributed by atoms with E-state index in [4.69, 9.17) is 0 Å². The molecule has 0 saturated carbocycles. The summed E-state index contributed by atoms with van der Waals surface area (Å²) in [6.07, 6.45) is 1.42. The summed E-state index contributed by atoms with van der Waals surface area (Å²) >= 11 is 3.38. The van der Waals surface area contributed by atoms with Crippen molar-refractivity contribution in [2.45, 2.75) is 38.5 Å². The molecule has 2 atom stereocenters. The van der Waals surface area contributed by atoms with Gasteiger partial charge in [-0.1, -0.05) is 13.3 Å². The van der Waals surface area contributed by atoms with Crippen LogP contribution in [0.1, 0.15) is 31.6 Å². The van der Waals surface area contributed by atoms with E-state index in [1.54, 1.807) is 10.9 Å². The summed E-state index contributed by atoms with van der Waals surface area (Å²) in [6, 6.07) is 0. The lowest BCUT2D eigenvalue weighted by Gasteiger charge is -2.20. The predicted octanol–water partition coefficient (Wildman–Crippen LogP) is 1.40. The van der Waals surface area contributed by atoms with Crippen molar-refractivity contribution in [3.05, 3.63) is 16.4 Å². The maximum atomic E-state index is 10.2. The van der Waals surface area contributed by atoms with E-state index < -0.39 is 12.2 Å². The van der Waals surface area contributed by atoms with Gasteiger partial charge < -0.3 is 15.1 Å². The van der Waals surface area contributed by atoms with E-state index in [1.807, 2.05) is 25.9 Å². The summed E-state index contributed by atoms with van der Waals surface area (Å²) in [5, 5.41) is 24.3. The van der Waals surface area contributed by atoms with E-state index in [9.17, 15) is 10.2 Å². The SMILES string of the molecule is CCCC(O)C(O)c1c(Br)cnn1CCN(C)C. The minimum atomic E-state index is -0.899. The van der Waals surface area contributed by atoms with Gasteiger partial charge in [-0.15, -0.1) is 0 Å². The Morgan fingerprint density at radius 3 is 2.67 bits per heavy atom. The van der Waals surface area contributed by atoms with Gasteiger partial charge >= 0.3 is 0 Å². The number of rotatable bonds is 7. The minimum Gasteiger partial charge on any atom is -0.390 e. The van der Waals surface area contributed by atoms with Crippen molar-refractivity contribution >= 4 is 15.9 Å². The molecule has 18 heavy (non-hydrogen) atoms. The van der Waals surface area contributed by atoms with Crippen LogP contribution >= 0.6 is 15.9 Å². The first-order chi connectivity index (χ1) is 8.47. The Bertz CT molecular complexity index is 368. The molecule has 0 spiro atoms. The van der Waals surface area contributed by atoms with Gasteiger partial charge in [0, 0.05) is 6.54 Å². The van der Waals surface area contributed by atoms with Gasteiger partial charge in [-0.05, 0) is 36.4 Å². The van der Waals surface area contributed by atoms with Crippen molar-refractivity contribution in [3.8, 4) is 0 Å². The quantitative estimate of drug-likeness (QED) is 0.797. The second kappa shape index (κ2) is 7.23. The maximum Gasteiger partial charge on any atom is 0.123 e.